The molecule has 5 nitrogen and oxygen atoms in total. The Bertz CT molecular complexity index is 888. The molecule has 3 unspecified atom stereocenters. The SMILES string of the molecule is C=C(C)CCC(CC=CC1CCC(=O)C1CCSc1nc(C(=O)O)cs1)O[Si](C)(C)C(C)(C)C. The van der Waals surface area contributed by atoms with Crippen LogP contribution in [-0.4, -0.2) is 42.0 Å². The zero-order chi connectivity index (χ0) is 25.5. The minimum absolute atomic E-state index is 0.0397. The lowest BCUT2D eigenvalue weighted by Crippen LogP contribution is -2.43. The van der Waals surface area contributed by atoms with Crippen LogP contribution >= 0.6 is 23.1 Å². The third-order valence-electron chi connectivity index (χ3n) is 6.95. The molecular weight excluding hydrogens is 483 g/mol. The van der Waals surface area contributed by atoms with Crippen LogP contribution < -0.4 is 0 Å². The summed E-state index contributed by atoms with van der Waals surface area (Å²) in [5.41, 5.74) is 1.27. The molecule has 1 heterocycles. The molecule has 1 aromatic heterocycles. The van der Waals surface area contributed by atoms with Gasteiger partial charge in [-0.05, 0) is 63.1 Å². The Labute approximate surface area is 214 Å². The van der Waals surface area contributed by atoms with Crippen molar-refractivity contribution in [3.8, 4) is 0 Å². The fraction of sp³-hybridized carbons (Fsp3) is 0.654. The second kappa shape index (κ2) is 12.7. The van der Waals surface area contributed by atoms with Crippen LogP contribution in [0.25, 0.3) is 0 Å². The smallest absolute Gasteiger partial charge is 0.355 e. The number of hydrogen-bond acceptors (Lipinski definition) is 6. The minimum atomic E-state index is -1.86. The van der Waals surface area contributed by atoms with E-state index in [0.717, 1.165) is 42.2 Å². The maximum absolute atomic E-state index is 12.5. The molecule has 2 rings (SSSR count). The van der Waals surface area contributed by atoms with Crippen LogP contribution in [0.15, 0.2) is 34.0 Å². The summed E-state index contributed by atoms with van der Waals surface area (Å²) in [6.45, 7) is 17.5. The number of rotatable bonds is 13. The number of aromatic carboxylic acids is 1. The number of carboxylic acid groups (broad SMARTS) is 1. The van der Waals surface area contributed by atoms with Crippen molar-refractivity contribution >= 4 is 43.2 Å². The second-order valence-electron chi connectivity index (χ2n) is 10.9. The minimum Gasteiger partial charge on any atom is -0.476 e. The predicted molar refractivity (Wildman–Crippen MR) is 146 cm³/mol. The van der Waals surface area contributed by atoms with Crippen molar-refractivity contribution in [2.24, 2.45) is 11.8 Å². The first-order chi connectivity index (χ1) is 15.8. The van der Waals surface area contributed by atoms with E-state index in [0.29, 0.717) is 12.2 Å². The molecule has 1 fully saturated rings. The van der Waals surface area contributed by atoms with Crippen molar-refractivity contribution in [2.75, 3.05) is 5.75 Å². The fourth-order valence-electron chi connectivity index (χ4n) is 3.87. The molecule has 0 saturated heterocycles. The largest absolute Gasteiger partial charge is 0.476 e. The van der Waals surface area contributed by atoms with Crippen molar-refractivity contribution in [3.05, 3.63) is 35.4 Å². The molecule has 190 valence electrons. The van der Waals surface area contributed by atoms with Gasteiger partial charge >= 0.3 is 5.97 Å². The summed E-state index contributed by atoms with van der Waals surface area (Å²) in [4.78, 5) is 27.7. The average Bonchev–Trinajstić information content (AvgIpc) is 3.33. The summed E-state index contributed by atoms with van der Waals surface area (Å²) < 4.78 is 7.48. The Morgan fingerprint density at radius 1 is 1.44 bits per heavy atom. The molecule has 1 aliphatic rings. The van der Waals surface area contributed by atoms with E-state index >= 15 is 0 Å². The zero-order valence-electron chi connectivity index (χ0n) is 21.6. The lowest BCUT2D eigenvalue weighted by Gasteiger charge is -2.39. The van der Waals surface area contributed by atoms with Crippen LogP contribution in [0, 0.1) is 11.8 Å². The summed E-state index contributed by atoms with van der Waals surface area (Å²) >= 11 is 2.89. The highest BCUT2D eigenvalue weighted by molar-refractivity contribution is 8.01. The number of Topliss-reactive ketones (excluding diaryl/α,β-unsaturated/α-hetero) is 1. The van der Waals surface area contributed by atoms with Gasteiger partial charge in [-0.1, -0.05) is 50.3 Å². The molecule has 0 spiro atoms. The van der Waals surface area contributed by atoms with Gasteiger partial charge in [0.2, 0.25) is 0 Å². The van der Waals surface area contributed by atoms with Gasteiger partial charge in [0.15, 0.2) is 18.4 Å². The number of carboxylic acids is 1. The highest BCUT2D eigenvalue weighted by Crippen LogP contribution is 2.39. The first-order valence-electron chi connectivity index (χ1n) is 12.1. The molecule has 0 bridgehead atoms. The summed E-state index contributed by atoms with van der Waals surface area (Å²) in [5.74, 6) is 0.421. The van der Waals surface area contributed by atoms with Crippen molar-refractivity contribution in [2.45, 2.75) is 94.8 Å². The van der Waals surface area contributed by atoms with Crippen LogP contribution in [-0.2, 0) is 9.22 Å². The lowest BCUT2D eigenvalue weighted by atomic mass is 9.92. The third-order valence-corrected chi connectivity index (χ3v) is 13.5. The monoisotopic (exact) mass is 523 g/mol. The van der Waals surface area contributed by atoms with Gasteiger partial charge in [-0.15, -0.1) is 17.9 Å². The van der Waals surface area contributed by atoms with Gasteiger partial charge in [0.1, 0.15) is 5.78 Å². The molecule has 34 heavy (non-hydrogen) atoms. The van der Waals surface area contributed by atoms with Crippen molar-refractivity contribution in [1.82, 2.24) is 4.98 Å². The molecule has 3 atom stereocenters. The summed E-state index contributed by atoms with van der Waals surface area (Å²) in [6, 6.07) is 0. The first kappa shape index (κ1) is 29.0. The van der Waals surface area contributed by atoms with Crippen molar-refractivity contribution in [3.63, 3.8) is 0 Å². The van der Waals surface area contributed by atoms with E-state index in [1.165, 1.54) is 16.9 Å². The molecule has 1 N–H and O–H groups in total. The summed E-state index contributed by atoms with van der Waals surface area (Å²) in [7, 11) is -1.86. The first-order valence-corrected chi connectivity index (χ1v) is 16.9. The number of thiazole rings is 1. The third kappa shape index (κ3) is 8.77. The predicted octanol–water partition coefficient (Wildman–Crippen LogP) is 7.61. The van der Waals surface area contributed by atoms with E-state index in [1.54, 1.807) is 17.1 Å². The van der Waals surface area contributed by atoms with Crippen LogP contribution in [0.2, 0.25) is 18.1 Å². The zero-order valence-corrected chi connectivity index (χ0v) is 24.2. The Hall–Kier alpha value is -1.22. The second-order valence-corrected chi connectivity index (χ2v) is 17.8. The van der Waals surface area contributed by atoms with E-state index < -0.39 is 14.3 Å². The van der Waals surface area contributed by atoms with Gasteiger partial charge in [-0.3, -0.25) is 4.79 Å². The van der Waals surface area contributed by atoms with Gasteiger partial charge in [-0.25, -0.2) is 9.78 Å². The van der Waals surface area contributed by atoms with Gasteiger partial charge in [0, 0.05) is 29.6 Å². The maximum atomic E-state index is 12.5. The molecular formula is C26H41NO4S2Si. The molecule has 0 radical (unpaired) electrons. The number of hydrogen-bond donors (Lipinski definition) is 1. The molecule has 1 aromatic rings. The number of carbonyl (C=O) groups is 2. The summed E-state index contributed by atoms with van der Waals surface area (Å²) in [6.07, 6.45) is 9.80. The van der Waals surface area contributed by atoms with E-state index in [9.17, 15) is 9.59 Å². The molecule has 8 heteroatoms. The molecule has 0 aromatic carbocycles. The average molecular weight is 524 g/mol. The number of nitrogens with zero attached hydrogens (tertiary/aromatic N) is 1. The van der Waals surface area contributed by atoms with E-state index in [-0.39, 0.29) is 28.7 Å². The van der Waals surface area contributed by atoms with Crippen LogP contribution in [0.4, 0.5) is 0 Å². The quantitative estimate of drug-likeness (QED) is 0.163. The number of carbonyl (C=O) groups excluding carboxylic acids is 1. The number of aromatic nitrogens is 1. The topological polar surface area (TPSA) is 76.5 Å². The lowest BCUT2D eigenvalue weighted by molar-refractivity contribution is -0.121. The number of ketones is 1. The standard InChI is InChI=1S/C26H41NO4S2Si/c1-18(2)11-13-20(31-34(6,7)26(3,4)5)10-8-9-19-12-14-23(28)21(19)15-16-32-25-27-22(17-33-25)24(29)30/h8-9,17,19-21H,1,10-16H2,2-7H3,(H,29,30). The number of thioether (sulfide) groups is 1. The Balaban J connectivity index is 1.94. The van der Waals surface area contributed by atoms with Gasteiger partial charge < -0.3 is 9.53 Å². The number of allylic oxidation sites excluding steroid dienone is 2. The Morgan fingerprint density at radius 3 is 2.74 bits per heavy atom. The molecule has 1 aliphatic carbocycles. The fourth-order valence-corrected chi connectivity index (χ4v) is 7.16. The van der Waals surface area contributed by atoms with Crippen molar-refractivity contribution < 1.29 is 19.1 Å². The van der Waals surface area contributed by atoms with E-state index in [1.807, 2.05) is 0 Å². The van der Waals surface area contributed by atoms with E-state index in [4.69, 9.17) is 9.53 Å². The van der Waals surface area contributed by atoms with E-state index in [2.05, 4.69) is 64.5 Å². The highest BCUT2D eigenvalue weighted by atomic mass is 32.2. The molecule has 0 amide bonds. The highest BCUT2D eigenvalue weighted by Gasteiger charge is 2.39. The molecule has 0 aliphatic heterocycles. The summed E-state index contributed by atoms with van der Waals surface area (Å²) in [5, 5.41) is 10.8. The maximum Gasteiger partial charge on any atom is 0.355 e. The van der Waals surface area contributed by atoms with Gasteiger partial charge in [-0.2, -0.15) is 0 Å². The Kier molecular flexibility index (Phi) is 10.8. The molecule has 1 saturated carbocycles. The van der Waals surface area contributed by atoms with Crippen molar-refractivity contribution in [1.29, 1.82) is 0 Å². The van der Waals surface area contributed by atoms with Gasteiger partial charge in [0.25, 0.3) is 0 Å². The normalized spacial score (nSPS) is 20.2. The van der Waals surface area contributed by atoms with Crippen LogP contribution in [0.5, 0.6) is 0 Å². The van der Waals surface area contributed by atoms with Crippen LogP contribution in [0.3, 0.4) is 0 Å². The van der Waals surface area contributed by atoms with Gasteiger partial charge in [0.05, 0.1) is 0 Å². The Morgan fingerprint density at radius 2 is 2.15 bits per heavy atom. The van der Waals surface area contributed by atoms with Crippen LogP contribution in [0.1, 0.15) is 76.7 Å².